The van der Waals surface area contributed by atoms with Gasteiger partial charge in [0.1, 0.15) is 5.82 Å². The van der Waals surface area contributed by atoms with Gasteiger partial charge in [0.15, 0.2) is 0 Å². The van der Waals surface area contributed by atoms with Gasteiger partial charge in [-0.15, -0.1) is 0 Å². The number of hydrogen-bond donors (Lipinski definition) is 1. The van der Waals surface area contributed by atoms with Gasteiger partial charge in [-0.25, -0.2) is 4.39 Å². The molecule has 1 saturated heterocycles. The van der Waals surface area contributed by atoms with E-state index in [0.29, 0.717) is 12.0 Å². The second-order valence-electron chi connectivity index (χ2n) is 5.41. The largest absolute Gasteiger partial charge is 0.381 e. The number of rotatable bonds is 5. The third-order valence-corrected chi connectivity index (χ3v) is 3.94. The van der Waals surface area contributed by atoms with E-state index < -0.39 is 0 Å². The fraction of sp³-hybridized carbons (Fsp3) is 0.625. The van der Waals surface area contributed by atoms with Crippen LogP contribution in [0.25, 0.3) is 0 Å². The van der Waals surface area contributed by atoms with Crippen molar-refractivity contribution in [3.63, 3.8) is 0 Å². The van der Waals surface area contributed by atoms with Gasteiger partial charge in [-0.05, 0) is 55.8 Å². The Bertz CT molecular complexity index is 402. The lowest BCUT2D eigenvalue weighted by molar-refractivity contribution is 0.0606. The summed E-state index contributed by atoms with van der Waals surface area (Å²) in [5.41, 5.74) is 1.93. The van der Waals surface area contributed by atoms with Crippen molar-refractivity contribution in [1.82, 2.24) is 5.32 Å². The number of ether oxygens (including phenoxy) is 1. The fourth-order valence-electron chi connectivity index (χ4n) is 2.78. The molecule has 1 aromatic carbocycles. The monoisotopic (exact) mass is 265 g/mol. The van der Waals surface area contributed by atoms with Crippen molar-refractivity contribution in [3.8, 4) is 0 Å². The van der Waals surface area contributed by atoms with E-state index in [0.717, 1.165) is 44.6 Å². The van der Waals surface area contributed by atoms with Crippen LogP contribution in [0.15, 0.2) is 18.2 Å². The van der Waals surface area contributed by atoms with Crippen LogP contribution in [0.1, 0.15) is 43.4 Å². The molecule has 3 heteroatoms. The first-order valence-electron chi connectivity index (χ1n) is 7.28. The van der Waals surface area contributed by atoms with Crippen LogP contribution in [0.3, 0.4) is 0 Å². The van der Waals surface area contributed by atoms with E-state index in [9.17, 15) is 4.39 Å². The molecule has 1 aliphatic heterocycles. The fourth-order valence-corrected chi connectivity index (χ4v) is 2.78. The maximum atomic E-state index is 13.4. The molecule has 2 rings (SSSR count). The highest BCUT2D eigenvalue weighted by molar-refractivity contribution is 5.26. The van der Waals surface area contributed by atoms with E-state index in [2.05, 4.69) is 12.2 Å². The molecule has 1 aliphatic rings. The van der Waals surface area contributed by atoms with Crippen molar-refractivity contribution < 1.29 is 9.13 Å². The van der Waals surface area contributed by atoms with E-state index in [4.69, 9.17) is 4.74 Å². The first-order chi connectivity index (χ1) is 9.20. The lowest BCUT2D eigenvalue weighted by Gasteiger charge is -2.27. The van der Waals surface area contributed by atoms with Crippen LogP contribution in [-0.2, 0) is 4.74 Å². The Hall–Kier alpha value is -0.930. The normalized spacial score (nSPS) is 18.5. The predicted molar refractivity (Wildman–Crippen MR) is 75.7 cm³/mol. The Morgan fingerprint density at radius 2 is 2.11 bits per heavy atom. The molecule has 0 aliphatic carbocycles. The van der Waals surface area contributed by atoms with Crippen molar-refractivity contribution in [2.75, 3.05) is 19.8 Å². The molecule has 19 heavy (non-hydrogen) atoms. The summed E-state index contributed by atoms with van der Waals surface area (Å²) in [6.07, 6.45) is 3.40. The summed E-state index contributed by atoms with van der Waals surface area (Å²) in [4.78, 5) is 0. The highest BCUT2D eigenvalue weighted by atomic mass is 19.1. The van der Waals surface area contributed by atoms with Gasteiger partial charge in [0.05, 0.1) is 0 Å². The van der Waals surface area contributed by atoms with E-state index in [-0.39, 0.29) is 5.82 Å². The van der Waals surface area contributed by atoms with Crippen molar-refractivity contribution in [1.29, 1.82) is 0 Å². The molecule has 1 unspecified atom stereocenters. The molecule has 0 amide bonds. The molecule has 1 N–H and O–H groups in total. The second-order valence-corrected chi connectivity index (χ2v) is 5.41. The standard InChI is InChI=1S/C16H24FNO/c1-3-18-16(11-13-6-8-19-9-7-13)14-4-5-15(17)12(2)10-14/h4-5,10,13,16,18H,3,6-9,11H2,1-2H3. The zero-order valence-corrected chi connectivity index (χ0v) is 11.9. The Morgan fingerprint density at radius 3 is 2.74 bits per heavy atom. The van der Waals surface area contributed by atoms with Crippen molar-refractivity contribution in [3.05, 3.63) is 35.1 Å². The Morgan fingerprint density at radius 1 is 1.37 bits per heavy atom. The topological polar surface area (TPSA) is 21.3 Å². The van der Waals surface area contributed by atoms with Gasteiger partial charge in [-0.2, -0.15) is 0 Å². The van der Waals surface area contributed by atoms with E-state index in [1.54, 1.807) is 6.07 Å². The number of benzene rings is 1. The van der Waals surface area contributed by atoms with Gasteiger partial charge in [-0.1, -0.05) is 19.1 Å². The van der Waals surface area contributed by atoms with Crippen molar-refractivity contribution >= 4 is 0 Å². The molecule has 2 nitrogen and oxygen atoms in total. The van der Waals surface area contributed by atoms with Gasteiger partial charge >= 0.3 is 0 Å². The molecule has 0 radical (unpaired) electrons. The zero-order valence-electron chi connectivity index (χ0n) is 11.9. The summed E-state index contributed by atoms with van der Waals surface area (Å²) in [6.45, 7) is 6.64. The molecule has 1 aromatic rings. The number of aryl methyl sites for hydroxylation is 1. The van der Waals surface area contributed by atoms with Crippen LogP contribution in [0.5, 0.6) is 0 Å². The Labute approximate surface area is 115 Å². The van der Waals surface area contributed by atoms with Crippen LogP contribution in [0.2, 0.25) is 0 Å². The molecule has 0 aromatic heterocycles. The Balaban J connectivity index is 2.07. The van der Waals surface area contributed by atoms with Crippen molar-refractivity contribution in [2.45, 2.75) is 39.2 Å². The molecule has 0 bridgehead atoms. The first kappa shape index (κ1) is 14.5. The highest BCUT2D eigenvalue weighted by Crippen LogP contribution is 2.28. The SMILES string of the molecule is CCNC(CC1CCOCC1)c1ccc(F)c(C)c1. The van der Waals surface area contributed by atoms with Gasteiger partial charge in [0.2, 0.25) is 0 Å². The van der Waals surface area contributed by atoms with Gasteiger partial charge < -0.3 is 10.1 Å². The van der Waals surface area contributed by atoms with Gasteiger partial charge in [0, 0.05) is 19.3 Å². The smallest absolute Gasteiger partial charge is 0.126 e. The van der Waals surface area contributed by atoms with Crippen LogP contribution >= 0.6 is 0 Å². The highest BCUT2D eigenvalue weighted by Gasteiger charge is 2.20. The molecular weight excluding hydrogens is 241 g/mol. The minimum absolute atomic E-state index is 0.120. The lowest BCUT2D eigenvalue weighted by Crippen LogP contribution is -2.26. The molecule has 1 fully saturated rings. The van der Waals surface area contributed by atoms with Crippen molar-refractivity contribution in [2.24, 2.45) is 5.92 Å². The molecule has 0 saturated carbocycles. The average molecular weight is 265 g/mol. The quantitative estimate of drug-likeness (QED) is 0.878. The summed E-state index contributed by atoms with van der Waals surface area (Å²) in [6, 6.07) is 5.79. The zero-order chi connectivity index (χ0) is 13.7. The predicted octanol–water partition coefficient (Wildman–Crippen LogP) is 3.60. The van der Waals surface area contributed by atoms with Crippen LogP contribution in [0, 0.1) is 18.7 Å². The van der Waals surface area contributed by atoms with E-state index >= 15 is 0 Å². The second kappa shape index (κ2) is 7.01. The summed E-state index contributed by atoms with van der Waals surface area (Å²) >= 11 is 0. The molecule has 106 valence electrons. The minimum Gasteiger partial charge on any atom is -0.381 e. The lowest BCUT2D eigenvalue weighted by atomic mass is 9.89. The Kier molecular flexibility index (Phi) is 5.34. The number of nitrogens with one attached hydrogen (secondary N) is 1. The van der Waals surface area contributed by atoms with E-state index in [1.807, 2.05) is 19.1 Å². The third-order valence-electron chi connectivity index (χ3n) is 3.94. The molecule has 1 atom stereocenters. The maximum Gasteiger partial charge on any atom is 0.126 e. The summed E-state index contributed by atoms with van der Waals surface area (Å²) in [5, 5.41) is 3.53. The summed E-state index contributed by atoms with van der Waals surface area (Å²) in [5.74, 6) is 0.591. The minimum atomic E-state index is -0.120. The average Bonchev–Trinajstić information content (AvgIpc) is 2.43. The van der Waals surface area contributed by atoms with Crippen LogP contribution in [-0.4, -0.2) is 19.8 Å². The van der Waals surface area contributed by atoms with Crippen LogP contribution < -0.4 is 5.32 Å². The molecular formula is C16H24FNO. The summed E-state index contributed by atoms with van der Waals surface area (Å²) in [7, 11) is 0. The summed E-state index contributed by atoms with van der Waals surface area (Å²) < 4.78 is 18.8. The van der Waals surface area contributed by atoms with Gasteiger partial charge in [-0.3, -0.25) is 0 Å². The maximum absolute atomic E-state index is 13.4. The number of halogens is 1. The first-order valence-corrected chi connectivity index (χ1v) is 7.28. The molecule has 1 heterocycles. The van der Waals surface area contributed by atoms with Gasteiger partial charge in [0.25, 0.3) is 0 Å². The number of hydrogen-bond acceptors (Lipinski definition) is 2. The van der Waals surface area contributed by atoms with E-state index in [1.165, 1.54) is 5.56 Å². The molecule has 0 spiro atoms. The van der Waals surface area contributed by atoms with Crippen LogP contribution in [0.4, 0.5) is 4.39 Å². The third kappa shape index (κ3) is 4.02.